The number of carbonyl (C=O) groups excluding carboxylic acids is 1. The molecule has 0 unspecified atom stereocenters. The number of nitrogens with two attached hydrogens (primary N) is 1. The van der Waals surface area contributed by atoms with Crippen molar-refractivity contribution in [2.75, 3.05) is 11.1 Å². The molecule has 3 N–H and O–H groups in total. The highest BCUT2D eigenvalue weighted by atomic mass is 35.5. The van der Waals surface area contributed by atoms with E-state index in [4.69, 9.17) is 17.3 Å². The van der Waals surface area contributed by atoms with E-state index in [-0.39, 0.29) is 5.69 Å². The van der Waals surface area contributed by atoms with Gasteiger partial charge in [0.2, 0.25) is 0 Å². The summed E-state index contributed by atoms with van der Waals surface area (Å²) in [6.07, 6.45) is 0. The number of carbonyl (C=O) groups is 1. The molecule has 0 radical (unpaired) electrons. The normalized spacial score (nSPS) is 10.3. The topological polar surface area (TPSA) is 55.1 Å². The summed E-state index contributed by atoms with van der Waals surface area (Å²) in [5.41, 5.74) is 7.38. The molecule has 0 aliphatic heterocycles. The third kappa shape index (κ3) is 3.03. The van der Waals surface area contributed by atoms with Crippen LogP contribution in [0.1, 0.15) is 15.9 Å². The predicted molar refractivity (Wildman–Crippen MR) is 75.0 cm³/mol. The number of anilines is 2. The van der Waals surface area contributed by atoms with Gasteiger partial charge in [-0.05, 0) is 42.8 Å². The van der Waals surface area contributed by atoms with E-state index < -0.39 is 11.7 Å². The summed E-state index contributed by atoms with van der Waals surface area (Å²) >= 11 is 5.76. The Hall–Kier alpha value is -2.07. The molecule has 2 aromatic carbocycles. The lowest BCUT2D eigenvalue weighted by Gasteiger charge is -2.09. The highest BCUT2D eigenvalue weighted by Gasteiger charge is 2.12. The molecule has 19 heavy (non-hydrogen) atoms. The maximum Gasteiger partial charge on any atom is 0.257 e. The van der Waals surface area contributed by atoms with Gasteiger partial charge in [-0.1, -0.05) is 17.7 Å². The van der Waals surface area contributed by atoms with Gasteiger partial charge in [0.05, 0.1) is 11.3 Å². The Balaban J connectivity index is 2.28. The minimum absolute atomic E-state index is 0.0254. The van der Waals surface area contributed by atoms with Gasteiger partial charge < -0.3 is 11.1 Å². The van der Waals surface area contributed by atoms with Crippen LogP contribution in [0.15, 0.2) is 36.4 Å². The fraction of sp³-hybridized carbons (Fsp3) is 0.0714. The summed E-state index contributed by atoms with van der Waals surface area (Å²) in [6.45, 7) is 1.87. The van der Waals surface area contributed by atoms with Crippen LogP contribution in [0.3, 0.4) is 0 Å². The average Bonchev–Trinajstić information content (AvgIpc) is 2.33. The van der Waals surface area contributed by atoms with Crippen LogP contribution >= 0.6 is 11.6 Å². The van der Waals surface area contributed by atoms with E-state index >= 15 is 0 Å². The first-order chi connectivity index (χ1) is 8.97. The lowest BCUT2D eigenvalue weighted by atomic mass is 10.1. The van der Waals surface area contributed by atoms with Crippen LogP contribution in [0, 0.1) is 12.7 Å². The van der Waals surface area contributed by atoms with Crippen molar-refractivity contribution in [2.24, 2.45) is 0 Å². The SMILES string of the molecule is Cc1ccc(C(=O)Nc2cc(Cl)ccc2F)c(N)c1. The molecule has 2 rings (SSSR count). The van der Waals surface area contributed by atoms with Gasteiger partial charge in [0.15, 0.2) is 0 Å². The van der Waals surface area contributed by atoms with Gasteiger partial charge >= 0.3 is 0 Å². The van der Waals surface area contributed by atoms with E-state index in [1.54, 1.807) is 18.2 Å². The Morgan fingerprint density at radius 1 is 1.26 bits per heavy atom. The van der Waals surface area contributed by atoms with E-state index in [9.17, 15) is 9.18 Å². The number of hydrogen-bond donors (Lipinski definition) is 2. The van der Waals surface area contributed by atoms with Gasteiger partial charge in [-0.25, -0.2) is 4.39 Å². The zero-order chi connectivity index (χ0) is 14.0. The maximum absolute atomic E-state index is 13.5. The molecular formula is C14H12ClFN2O. The number of nitrogens with one attached hydrogen (secondary N) is 1. The summed E-state index contributed by atoms with van der Waals surface area (Å²) in [7, 11) is 0. The number of hydrogen-bond acceptors (Lipinski definition) is 2. The molecule has 98 valence electrons. The number of aryl methyl sites for hydroxylation is 1. The highest BCUT2D eigenvalue weighted by Crippen LogP contribution is 2.21. The van der Waals surface area contributed by atoms with Crippen LogP contribution in [0.2, 0.25) is 5.02 Å². The molecule has 0 atom stereocenters. The Morgan fingerprint density at radius 3 is 2.68 bits per heavy atom. The van der Waals surface area contributed by atoms with E-state index in [1.807, 2.05) is 6.92 Å². The second kappa shape index (κ2) is 5.28. The molecule has 1 amide bonds. The third-order valence-corrected chi connectivity index (χ3v) is 2.86. The van der Waals surface area contributed by atoms with Crippen LogP contribution in [0.4, 0.5) is 15.8 Å². The first kappa shape index (κ1) is 13.4. The molecule has 0 saturated heterocycles. The Kier molecular flexibility index (Phi) is 3.71. The molecule has 0 aliphatic carbocycles. The van der Waals surface area contributed by atoms with Crippen molar-refractivity contribution >= 4 is 28.9 Å². The summed E-state index contributed by atoms with van der Waals surface area (Å²) in [5.74, 6) is -1.03. The van der Waals surface area contributed by atoms with Gasteiger partial charge in [0.25, 0.3) is 5.91 Å². The van der Waals surface area contributed by atoms with E-state index in [1.165, 1.54) is 18.2 Å². The van der Waals surface area contributed by atoms with Crippen molar-refractivity contribution in [3.8, 4) is 0 Å². The third-order valence-electron chi connectivity index (χ3n) is 2.63. The number of rotatable bonds is 2. The molecule has 0 fully saturated rings. The summed E-state index contributed by atoms with van der Waals surface area (Å²) in [5, 5.41) is 2.79. The van der Waals surface area contributed by atoms with Gasteiger partial charge in [0, 0.05) is 10.7 Å². The van der Waals surface area contributed by atoms with Crippen LogP contribution in [-0.2, 0) is 0 Å². The lowest BCUT2D eigenvalue weighted by Crippen LogP contribution is -2.15. The number of nitrogen functional groups attached to an aromatic ring is 1. The van der Waals surface area contributed by atoms with Crippen molar-refractivity contribution in [1.82, 2.24) is 0 Å². The van der Waals surface area contributed by atoms with Crippen molar-refractivity contribution in [3.63, 3.8) is 0 Å². The molecular weight excluding hydrogens is 267 g/mol. The van der Waals surface area contributed by atoms with Crippen LogP contribution in [0.25, 0.3) is 0 Å². The molecule has 5 heteroatoms. The Labute approximate surface area is 115 Å². The molecule has 0 heterocycles. The summed E-state index contributed by atoms with van der Waals surface area (Å²) in [4.78, 5) is 12.0. The van der Waals surface area contributed by atoms with Gasteiger partial charge in [-0.3, -0.25) is 4.79 Å². The molecule has 0 aliphatic rings. The number of halogens is 2. The van der Waals surface area contributed by atoms with Crippen LogP contribution in [0.5, 0.6) is 0 Å². The standard InChI is InChI=1S/C14H12ClFN2O/c1-8-2-4-10(12(17)6-8)14(19)18-13-7-9(15)3-5-11(13)16/h2-7H,17H2,1H3,(H,18,19). The first-order valence-corrected chi connectivity index (χ1v) is 5.97. The van der Waals surface area contributed by atoms with Crippen molar-refractivity contribution in [2.45, 2.75) is 6.92 Å². The minimum Gasteiger partial charge on any atom is -0.398 e. The second-order valence-corrected chi connectivity index (χ2v) is 4.61. The van der Waals surface area contributed by atoms with Crippen molar-refractivity contribution < 1.29 is 9.18 Å². The van der Waals surface area contributed by atoms with Gasteiger partial charge in [-0.2, -0.15) is 0 Å². The Morgan fingerprint density at radius 2 is 2.00 bits per heavy atom. The molecule has 0 bridgehead atoms. The zero-order valence-electron chi connectivity index (χ0n) is 10.2. The average molecular weight is 279 g/mol. The molecule has 0 spiro atoms. The lowest BCUT2D eigenvalue weighted by molar-refractivity contribution is 0.102. The fourth-order valence-corrected chi connectivity index (χ4v) is 1.84. The molecule has 0 aromatic heterocycles. The van der Waals surface area contributed by atoms with E-state index in [2.05, 4.69) is 5.32 Å². The van der Waals surface area contributed by atoms with Crippen molar-refractivity contribution in [3.05, 3.63) is 58.4 Å². The minimum atomic E-state index is -0.552. The smallest absolute Gasteiger partial charge is 0.257 e. The van der Waals surface area contributed by atoms with E-state index in [0.29, 0.717) is 16.3 Å². The quantitative estimate of drug-likeness (QED) is 0.824. The molecule has 0 saturated carbocycles. The fourth-order valence-electron chi connectivity index (χ4n) is 1.67. The monoisotopic (exact) mass is 278 g/mol. The van der Waals surface area contributed by atoms with Gasteiger partial charge in [0.1, 0.15) is 5.82 Å². The zero-order valence-corrected chi connectivity index (χ0v) is 11.0. The van der Waals surface area contributed by atoms with Crippen LogP contribution < -0.4 is 11.1 Å². The van der Waals surface area contributed by atoms with Crippen molar-refractivity contribution in [1.29, 1.82) is 0 Å². The highest BCUT2D eigenvalue weighted by molar-refractivity contribution is 6.31. The van der Waals surface area contributed by atoms with E-state index in [0.717, 1.165) is 5.56 Å². The number of amides is 1. The molecule has 2 aromatic rings. The summed E-state index contributed by atoms with van der Waals surface area (Å²) in [6, 6.07) is 8.99. The van der Waals surface area contributed by atoms with Gasteiger partial charge in [-0.15, -0.1) is 0 Å². The first-order valence-electron chi connectivity index (χ1n) is 5.60. The van der Waals surface area contributed by atoms with Crippen LogP contribution in [-0.4, -0.2) is 5.91 Å². The maximum atomic E-state index is 13.5. The number of benzene rings is 2. The second-order valence-electron chi connectivity index (χ2n) is 4.17. The molecule has 3 nitrogen and oxygen atoms in total. The summed E-state index contributed by atoms with van der Waals surface area (Å²) < 4.78 is 13.5. The predicted octanol–water partition coefficient (Wildman–Crippen LogP) is 3.62. The largest absolute Gasteiger partial charge is 0.398 e. The Bertz CT molecular complexity index is 643.